The van der Waals surface area contributed by atoms with E-state index in [-0.39, 0.29) is 0 Å². The van der Waals surface area contributed by atoms with Gasteiger partial charge in [0.25, 0.3) is 0 Å². The second-order valence-corrected chi connectivity index (χ2v) is 4.24. The van der Waals surface area contributed by atoms with E-state index in [1.54, 1.807) is 48.5 Å². The highest BCUT2D eigenvalue weighted by Crippen LogP contribution is 2.24. The second kappa shape index (κ2) is 6.07. The van der Waals surface area contributed by atoms with Crippen LogP contribution in [0.1, 0.15) is 5.56 Å². The molecule has 0 heterocycles. The minimum Gasteiger partial charge on any atom is -0.478 e. The van der Waals surface area contributed by atoms with Crippen molar-refractivity contribution in [1.82, 2.24) is 0 Å². The molecule has 4 heteroatoms. The van der Waals surface area contributed by atoms with Crippen molar-refractivity contribution in [3.8, 4) is 11.5 Å². The van der Waals surface area contributed by atoms with E-state index in [1.165, 1.54) is 6.08 Å². The molecule has 2 aromatic carbocycles. The van der Waals surface area contributed by atoms with Crippen LogP contribution in [0.5, 0.6) is 11.5 Å². The first kappa shape index (κ1) is 13.2. The third kappa shape index (κ3) is 4.16. The summed E-state index contributed by atoms with van der Waals surface area (Å²) in [7, 11) is 0. The molecule has 3 nitrogen and oxygen atoms in total. The van der Waals surface area contributed by atoms with Gasteiger partial charge in [-0.2, -0.15) is 0 Å². The average Bonchev–Trinajstić information content (AvgIpc) is 2.40. The van der Waals surface area contributed by atoms with Crippen LogP contribution >= 0.6 is 11.6 Å². The highest BCUT2D eigenvalue weighted by molar-refractivity contribution is 6.30. The molecule has 0 aliphatic heterocycles. The van der Waals surface area contributed by atoms with E-state index in [0.29, 0.717) is 16.5 Å². The summed E-state index contributed by atoms with van der Waals surface area (Å²) >= 11 is 5.79. The van der Waals surface area contributed by atoms with Crippen molar-refractivity contribution >= 4 is 23.6 Å². The molecule has 0 spiro atoms. The van der Waals surface area contributed by atoms with Crippen LogP contribution in [-0.2, 0) is 4.79 Å². The van der Waals surface area contributed by atoms with Crippen molar-refractivity contribution in [2.45, 2.75) is 0 Å². The standard InChI is InChI=1S/C15H11ClO3/c16-12-5-7-13(8-6-12)19-14-3-1-2-11(10-14)4-9-15(17)18/h1-10H,(H,17,18)/b9-4+. The SMILES string of the molecule is O=C(O)/C=C/c1cccc(Oc2ccc(Cl)cc2)c1. The largest absolute Gasteiger partial charge is 0.478 e. The van der Waals surface area contributed by atoms with Gasteiger partial charge >= 0.3 is 5.97 Å². The van der Waals surface area contributed by atoms with E-state index in [9.17, 15) is 4.79 Å². The Balaban J connectivity index is 2.15. The highest BCUT2D eigenvalue weighted by Gasteiger charge is 1.98. The summed E-state index contributed by atoms with van der Waals surface area (Å²) in [5.74, 6) is 0.322. The molecule has 0 fully saturated rings. The molecule has 19 heavy (non-hydrogen) atoms. The molecule has 0 aliphatic rings. The Kier molecular flexibility index (Phi) is 4.21. The van der Waals surface area contributed by atoms with E-state index in [2.05, 4.69) is 0 Å². The molecule has 0 radical (unpaired) electrons. The Bertz CT molecular complexity index is 603. The Morgan fingerprint density at radius 1 is 1.11 bits per heavy atom. The van der Waals surface area contributed by atoms with Gasteiger partial charge in [-0.1, -0.05) is 23.7 Å². The number of hydrogen-bond donors (Lipinski definition) is 1. The number of ether oxygens (including phenoxy) is 1. The molecule has 0 amide bonds. The zero-order chi connectivity index (χ0) is 13.7. The van der Waals surface area contributed by atoms with Gasteiger partial charge in [0.15, 0.2) is 0 Å². The van der Waals surface area contributed by atoms with E-state index >= 15 is 0 Å². The monoisotopic (exact) mass is 274 g/mol. The maximum atomic E-state index is 10.4. The smallest absolute Gasteiger partial charge is 0.328 e. The first-order valence-electron chi connectivity index (χ1n) is 5.58. The molecule has 0 bridgehead atoms. The summed E-state index contributed by atoms with van der Waals surface area (Å²) in [6, 6.07) is 14.2. The predicted molar refractivity (Wildman–Crippen MR) is 74.6 cm³/mol. The van der Waals surface area contributed by atoms with Gasteiger partial charge in [0.05, 0.1) is 0 Å². The lowest BCUT2D eigenvalue weighted by Crippen LogP contribution is -1.87. The second-order valence-electron chi connectivity index (χ2n) is 3.80. The van der Waals surface area contributed by atoms with E-state index < -0.39 is 5.97 Å². The third-order valence-electron chi connectivity index (χ3n) is 2.33. The molecule has 0 saturated carbocycles. The Morgan fingerprint density at radius 2 is 1.84 bits per heavy atom. The maximum absolute atomic E-state index is 10.4. The third-order valence-corrected chi connectivity index (χ3v) is 2.58. The van der Waals surface area contributed by atoms with Crippen LogP contribution in [0.15, 0.2) is 54.6 Å². The number of hydrogen-bond acceptors (Lipinski definition) is 2. The first-order valence-corrected chi connectivity index (χ1v) is 5.96. The molecule has 2 aromatic rings. The van der Waals surface area contributed by atoms with Crippen molar-refractivity contribution in [2.75, 3.05) is 0 Å². The number of aliphatic carboxylic acids is 1. The molecular formula is C15H11ClO3. The fourth-order valence-corrected chi connectivity index (χ4v) is 1.61. The van der Waals surface area contributed by atoms with Gasteiger partial charge in [0, 0.05) is 11.1 Å². The number of carboxylic acid groups (broad SMARTS) is 1. The van der Waals surface area contributed by atoms with Crippen LogP contribution in [0.25, 0.3) is 6.08 Å². The summed E-state index contributed by atoms with van der Waals surface area (Å²) in [5.41, 5.74) is 0.758. The Morgan fingerprint density at radius 3 is 2.53 bits per heavy atom. The summed E-state index contributed by atoms with van der Waals surface area (Å²) < 4.78 is 5.64. The lowest BCUT2D eigenvalue weighted by molar-refractivity contribution is -0.131. The van der Waals surface area contributed by atoms with Gasteiger partial charge in [-0.05, 0) is 48.0 Å². The van der Waals surface area contributed by atoms with Gasteiger partial charge in [-0.15, -0.1) is 0 Å². The molecular weight excluding hydrogens is 264 g/mol. The van der Waals surface area contributed by atoms with Gasteiger partial charge in [-0.25, -0.2) is 4.79 Å². The zero-order valence-corrected chi connectivity index (χ0v) is 10.7. The van der Waals surface area contributed by atoms with Crippen LogP contribution in [0.4, 0.5) is 0 Å². The van der Waals surface area contributed by atoms with Crippen LogP contribution in [0.3, 0.4) is 0 Å². The number of carboxylic acids is 1. The average molecular weight is 275 g/mol. The molecule has 0 saturated heterocycles. The van der Waals surface area contributed by atoms with Crippen LogP contribution in [0, 0.1) is 0 Å². The molecule has 0 atom stereocenters. The lowest BCUT2D eigenvalue weighted by Gasteiger charge is -2.06. The van der Waals surface area contributed by atoms with Crippen molar-refractivity contribution in [3.63, 3.8) is 0 Å². The predicted octanol–water partition coefficient (Wildman–Crippen LogP) is 4.23. The quantitative estimate of drug-likeness (QED) is 0.849. The number of carbonyl (C=O) groups is 1. The van der Waals surface area contributed by atoms with Gasteiger partial charge in [0.1, 0.15) is 11.5 Å². The lowest BCUT2D eigenvalue weighted by atomic mass is 10.2. The summed E-state index contributed by atoms with van der Waals surface area (Å²) in [6.45, 7) is 0. The number of halogens is 1. The minimum atomic E-state index is -0.982. The fraction of sp³-hybridized carbons (Fsp3) is 0. The highest BCUT2D eigenvalue weighted by atomic mass is 35.5. The topological polar surface area (TPSA) is 46.5 Å². The Hall–Kier alpha value is -2.26. The number of benzene rings is 2. The van der Waals surface area contributed by atoms with E-state index in [1.807, 2.05) is 0 Å². The van der Waals surface area contributed by atoms with Crippen LogP contribution in [0.2, 0.25) is 5.02 Å². The van der Waals surface area contributed by atoms with Crippen LogP contribution < -0.4 is 4.74 Å². The van der Waals surface area contributed by atoms with E-state index in [0.717, 1.165) is 11.6 Å². The first-order chi connectivity index (χ1) is 9.13. The van der Waals surface area contributed by atoms with Crippen molar-refractivity contribution in [1.29, 1.82) is 0 Å². The molecule has 0 aromatic heterocycles. The van der Waals surface area contributed by atoms with Crippen molar-refractivity contribution < 1.29 is 14.6 Å². The van der Waals surface area contributed by atoms with Gasteiger partial charge in [-0.3, -0.25) is 0 Å². The zero-order valence-electron chi connectivity index (χ0n) is 9.92. The molecule has 96 valence electrons. The van der Waals surface area contributed by atoms with Crippen molar-refractivity contribution in [2.24, 2.45) is 0 Å². The molecule has 2 rings (SSSR count). The van der Waals surface area contributed by atoms with E-state index in [4.69, 9.17) is 21.4 Å². The molecule has 1 N–H and O–H groups in total. The van der Waals surface area contributed by atoms with Crippen molar-refractivity contribution in [3.05, 3.63) is 65.2 Å². The molecule has 0 aliphatic carbocycles. The maximum Gasteiger partial charge on any atom is 0.328 e. The fourth-order valence-electron chi connectivity index (χ4n) is 1.49. The minimum absolute atomic E-state index is 0.634. The Labute approximate surface area is 115 Å². The molecule has 0 unspecified atom stereocenters. The van der Waals surface area contributed by atoms with Gasteiger partial charge in [0.2, 0.25) is 0 Å². The summed E-state index contributed by atoms with van der Waals surface area (Å²) in [4.78, 5) is 10.4. The van der Waals surface area contributed by atoms with Gasteiger partial charge < -0.3 is 9.84 Å². The summed E-state index contributed by atoms with van der Waals surface area (Å²) in [6.07, 6.45) is 2.60. The summed E-state index contributed by atoms with van der Waals surface area (Å²) in [5, 5.41) is 9.22. The van der Waals surface area contributed by atoms with Crippen LogP contribution in [-0.4, -0.2) is 11.1 Å². The number of rotatable bonds is 4. The normalized spacial score (nSPS) is 10.6.